The van der Waals surface area contributed by atoms with E-state index < -0.39 is 43.4 Å². The zero-order valence-corrected chi connectivity index (χ0v) is 59.8. The van der Waals surface area contributed by atoms with Gasteiger partial charge in [0.15, 0.2) is 0 Å². The van der Waals surface area contributed by atoms with Crippen LogP contribution in [-0.4, -0.2) is 17.6 Å². The van der Waals surface area contributed by atoms with Crippen LogP contribution in [0.5, 0.6) is 0 Å². The second kappa shape index (κ2) is 19.1. The van der Waals surface area contributed by atoms with E-state index in [4.69, 9.17) is 0 Å². The molecule has 8 aromatic rings. The Morgan fingerprint density at radius 1 is 0.297 bits per heavy atom. The molecule has 91 heavy (non-hydrogen) atoms. The molecule has 2 fully saturated rings. The van der Waals surface area contributed by atoms with E-state index in [0.29, 0.717) is 0 Å². The van der Waals surface area contributed by atoms with E-state index in [1.807, 2.05) is 0 Å². The third-order valence-electron chi connectivity index (χ3n) is 25.8. The van der Waals surface area contributed by atoms with Crippen molar-refractivity contribution in [2.75, 3.05) is 0 Å². The summed E-state index contributed by atoms with van der Waals surface area (Å²) in [6.45, 7) is 15.7. The van der Waals surface area contributed by atoms with Crippen LogP contribution in [0.1, 0.15) is 73.6 Å². The molecule has 0 bridgehead atoms. The van der Waals surface area contributed by atoms with Gasteiger partial charge in [0, 0.05) is 0 Å². The second-order valence-electron chi connectivity index (χ2n) is 28.2. The van der Waals surface area contributed by atoms with Gasteiger partial charge >= 0.3 is 549 Å². The maximum absolute atomic E-state index is 11.6. The van der Waals surface area contributed by atoms with Crippen molar-refractivity contribution in [1.29, 1.82) is 0 Å². The van der Waals surface area contributed by atoms with Crippen molar-refractivity contribution < 1.29 is 14.7 Å². The van der Waals surface area contributed by atoms with Gasteiger partial charge in [-0.1, -0.05) is 0 Å². The zero-order valence-electron chi connectivity index (χ0n) is 52.4. The maximum atomic E-state index is 11.6. The molecule has 442 valence electrons. The number of fused-ring (bicyclic) bond motifs is 12. The summed E-state index contributed by atoms with van der Waals surface area (Å²) in [4.78, 5) is 0. The van der Waals surface area contributed by atoms with Gasteiger partial charge in [0.25, 0.3) is 0 Å². The van der Waals surface area contributed by atoms with E-state index in [1.165, 1.54) is 132 Å². The summed E-state index contributed by atoms with van der Waals surface area (Å²) in [7, 11) is 18.0. The summed E-state index contributed by atoms with van der Waals surface area (Å²) >= 11 is -7.89. The van der Waals surface area contributed by atoms with Crippen LogP contribution < -0.4 is 0 Å². The summed E-state index contributed by atoms with van der Waals surface area (Å²) in [5.41, 5.74) is 21.8. The molecule has 2 heterocycles. The molecular weight excluding hydrogens is 1340 g/mol. The van der Waals surface area contributed by atoms with Crippen molar-refractivity contribution in [1.82, 2.24) is 0 Å². The van der Waals surface area contributed by atoms with Crippen molar-refractivity contribution in [2.45, 2.75) is 75.6 Å². The first-order valence-corrected chi connectivity index (χ1v) is 53.8. The topological polar surface area (TPSA) is 0 Å². The van der Waals surface area contributed by atoms with Crippen LogP contribution in [0.4, 0.5) is 0 Å². The predicted molar refractivity (Wildman–Crippen MR) is 392 cm³/mol. The van der Waals surface area contributed by atoms with Crippen LogP contribution in [0.25, 0.3) is 43.1 Å². The summed E-state index contributed by atoms with van der Waals surface area (Å²) in [6.07, 6.45) is 49.9. The molecule has 8 aromatic carbocycles. The van der Waals surface area contributed by atoms with Gasteiger partial charge in [-0.25, -0.2) is 0 Å². The van der Waals surface area contributed by atoms with Crippen molar-refractivity contribution in [3.63, 3.8) is 0 Å². The molecule has 5 spiro atoms. The molecule has 5 heteroatoms. The van der Waals surface area contributed by atoms with E-state index in [1.54, 1.807) is 0 Å². The SMILES string of the molecule is CC1=CC2=C(C=CC=CC2c2cccc3ccccc23)[C]12[SiH](C)[C]1(C(C)=CC3=C1C=CC=CC3c1cccc3ccccc13)[Hf]21([Cl])([Cl])[C]2(C(C)=CC3=C2C=CC=CC3c2cccc3ccccc23)[SiH](C)[C]12C(C)=CC1=C2C=CC=CC1c1cccc2ccccc12. The molecule has 8 unspecified atom stereocenters. The van der Waals surface area contributed by atoms with Gasteiger partial charge in [-0.05, 0) is 0 Å². The van der Waals surface area contributed by atoms with Crippen LogP contribution >= 0.6 is 17.2 Å². The Balaban J connectivity index is 1.04. The number of hydrogen-bond acceptors (Lipinski definition) is 0. The first-order chi connectivity index (χ1) is 44.3. The fourth-order valence-corrected chi connectivity index (χ4v) is 196. The molecule has 10 aliphatic rings. The molecule has 8 atom stereocenters. The number of halogens is 2. The quantitative estimate of drug-likeness (QED) is 0.154. The molecule has 18 rings (SSSR count). The van der Waals surface area contributed by atoms with Gasteiger partial charge in [0.2, 0.25) is 0 Å². The van der Waals surface area contributed by atoms with Crippen LogP contribution in [0.3, 0.4) is 0 Å². The molecular formula is C86H72Cl2HfSi2. The summed E-state index contributed by atoms with van der Waals surface area (Å²) in [5.74, 6) is -0.215. The van der Waals surface area contributed by atoms with E-state index in [0.717, 1.165) is 0 Å². The minimum atomic E-state index is -7.89. The number of allylic oxidation sites excluding steroid dienone is 32. The summed E-state index contributed by atoms with van der Waals surface area (Å²) < 4.78 is -2.89. The molecule has 2 saturated heterocycles. The van der Waals surface area contributed by atoms with Crippen LogP contribution in [-0.2, 0) is 14.7 Å². The van der Waals surface area contributed by atoms with Crippen molar-refractivity contribution >= 4 is 77.8 Å². The van der Waals surface area contributed by atoms with Crippen LogP contribution in [0, 0.1) is 0 Å². The van der Waals surface area contributed by atoms with Crippen molar-refractivity contribution in [3.05, 3.63) is 381 Å². The standard InChI is InChI=1S/2C43H36Si.2ClH.Hf/c2*1-28-26-40-36(34-24-12-16-30-14-4-6-18-32(30)34)20-8-10-22-38(40)42(28)44(3)43-29(2)27-41-37(21-9-11-23-39(41)43)35-25-13-17-31-15-5-7-19-33(31)35;;;/h2*4-27,36-37,44H,1-3H3;2*1H;/q;;;;+2/p-2. The molecule has 0 N–H and O–H groups in total. The normalized spacial score (nSPS) is 32.1. The number of benzene rings is 8. The Morgan fingerprint density at radius 3 is 0.758 bits per heavy atom. The van der Waals surface area contributed by atoms with Crippen molar-refractivity contribution in [3.8, 4) is 0 Å². The Bertz CT molecular complexity index is 4610. The van der Waals surface area contributed by atoms with Gasteiger partial charge in [0.1, 0.15) is 0 Å². The first-order valence-electron chi connectivity index (χ1n) is 33.1. The predicted octanol–water partition coefficient (Wildman–Crippen LogP) is 23.3. The van der Waals surface area contributed by atoms with E-state index >= 15 is 0 Å². The number of rotatable bonds is 4. The molecule has 8 aliphatic carbocycles. The fourth-order valence-electron chi connectivity index (χ4n) is 23.9. The third kappa shape index (κ3) is 5.92. The number of hydrogen-bond donors (Lipinski definition) is 0. The Morgan fingerprint density at radius 2 is 0.516 bits per heavy atom. The average molecular weight is 1410 g/mol. The zero-order chi connectivity index (χ0) is 61.7. The van der Waals surface area contributed by atoms with E-state index in [-0.39, 0.29) is 23.7 Å². The van der Waals surface area contributed by atoms with E-state index in [2.05, 4.69) is 332 Å². The van der Waals surface area contributed by atoms with Gasteiger partial charge in [-0.2, -0.15) is 0 Å². The van der Waals surface area contributed by atoms with Crippen LogP contribution in [0.15, 0.2) is 358 Å². The molecule has 0 nitrogen and oxygen atoms in total. The van der Waals surface area contributed by atoms with Gasteiger partial charge in [0.05, 0.1) is 0 Å². The monoisotopic (exact) mass is 1410 g/mol. The fraction of sp³-hybridized carbons (Fsp3) is 0.163. The average Bonchev–Trinajstić information content (AvgIpc) is 1.53. The molecule has 0 radical (unpaired) electrons. The first kappa shape index (κ1) is 56.3. The Kier molecular flexibility index (Phi) is 11.8. The van der Waals surface area contributed by atoms with Gasteiger partial charge < -0.3 is 0 Å². The third-order valence-corrected chi connectivity index (χ3v) is 143. The molecule has 0 amide bonds. The Labute approximate surface area is 543 Å². The van der Waals surface area contributed by atoms with Crippen molar-refractivity contribution in [2.24, 2.45) is 0 Å². The van der Waals surface area contributed by atoms with Crippen LogP contribution in [0.2, 0.25) is 24.3 Å². The van der Waals surface area contributed by atoms with E-state index in [9.17, 15) is 17.2 Å². The second-order valence-corrected chi connectivity index (χ2v) is 82.6. The molecule has 0 saturated carbocycles. The minimum absolute atomic E-state index is 0.0538. The summed E-state index contributed by atoms with van der Waals surface area (Å²) in [6, 6.07) is 63.8. The molecule has 0 aromatic heterocycles. The molecule has 2 aliphatic heterocycles. The summed E-state index contributed by atoms with van der Waals surface area (Å²) in [5, 5.41) is 10.2. The van der Waals surface area contributed by atoms with Gasteiger partial charge in [-0.3, -0.25) is 0 Å². The Hall–Kier alpha value is -7.48. The van der Waals surface area contributed by atoms with Gasteiger partial charge in [-0.15, -0.1) is 0 Å².